The van der Waals surface area contributed by atoms with Gasteiger partial charge in [-0.1, -0.05) is 12.1 Å². The molecule has 106 valence electrons. The SMILES string of the molecule is O=S(=O)(Nc1ccccc1I)c1ccc(F)c(CO)c1. The van der Waals surface area contributed by atoms with Gasteiger partial charge < -0.3 is 5.11 Å². The first-order valence-electron chi connectivity index (χ1n) is 5.60. The van der Waals surface area contributed by atoms with E-state index in [1.807, 2.05) is 22.6 Å². The predicted molar refractivity (Wildman–Crippen MR) is 82.3 cm³/mol. The van der Waals surface area contributed by atoms with Crippen LogP contribution in [0.1, 0.15) is 5.56 Å². The van der Waals surface area contributed by atoms with Gasteiger partial charge in [0.2, 0.25) is 0 Å². The van der Waals surface area contributed by atoms with Crippen molar-refractivity contribution in [1.29, 1.82) is 0 Å². The Morgan fingerprint density at radius 3 is 2.55 bits per heavy atom. The number of sulfonamides is 1. The maximum absolute atomic E-state index is 13.3. The van der Waals surface area contributed by atoms with Gasteiger partial charge in [-0.3, -0.25) is 4.72 Å². The molecule has 0 atom stereocenters. The van der Waals surface area contributed by atoms with E-state index in [1.165, 1.54) is 0 Å². The fourth-order valence-corrected chi connectivity index (χ4v) is 3.42. The Hall–Kier alpha value is -1.19. The van der Waals surface area contributed by atoms with Crippen molar-refractivity contribution in [3.05, 3.63) is 57.4 Å². The van der Waals surface area contributed by atoms with Gasteiger partial charge in [0.15, 0.2) is 0 Å². The predicted octanol–water partition coefficient (Wildman–Crippen LogP) is 2.72. The summed E-state index contributed by atoms with van der Waals surface area (Å²) in [6.45, 7) is -0.557. The van der Waals surface area contributed by atoms with Gasteiger partial charge in [0, 0.05) is 9.13 Å². The number of nitrogens with one attached hydrogen (secondary N) is 1. The molecule has 0 unspecified atom stereocenters. The summed E-state index contributed by atoms with van der Waals surface area (Å²) in [5.74, 6) is -0.638. The van der Waals surface area contributed by atoms with Crippen LogP contribution in [-0.2, 0) is 16.6 Å². The molecule has 4 nitrogen and oxygen atoms in total. The van der Waals surface area contributed by atoms with Crippen molar-refractivity contribution in [2.45, 2.75) is 11.5 Å². The highest BCUT2D eigenvalue weighted by Crippen LogP contribution is 2.22. The minimum absolute atomic E-state index is 0.0596. The molecule has 2 aromatic rings. The van der Waals surface area contributed by atoms with Crippen LogP contribution in [0, 0.1) is 9.39 Å². The zero-order valence-corrected chi connectivity index (χ0v) is 13.2. The number of aliphatic hydroxyl groups is 1. The minimum Gasteiger partial charge on any atom is -0.392 e. The van der Waals surface area contributed by atoms with Crippen molar-refractivity contribution >= 4 is 38.3 Å². The van der Waals surface area contributed by atoms with Crippen molar-refractivity contribution in [2.24, 2.45) is 0 Å². The first kappa shape index (κ1) is 15.2. The van der Waals surface area contributed by atoms with Crippen LogP contribution in [0.4, 0.5) is 10.1 Å². The van der Waals surface area contributed by atoms with E-state index in [1.54, 1.807) is 24.3 Å². The molecule has 0 fully saturated rings. The van der Waals surface area contributed by atoms with E-state index >= 15 is 0 Å². The number of benzene rings is 2. The Balaban J connectivity index is 2.38. The van der Waals surface area contributed by atoms with Crippen LogP contribution in [0.2, 0.25) is 0 Å². The molecule has 0 aliphatic heterocycles. The zero-order valence-electron chi connectivity index (χ0n) is 10.2. The number of hydrogen-bond donors (Lipinski definition) is 2. The summed E-state index contributed by atoms with van der Waals surface area (Å²) in [7, 11) is -3.82. The Bertz CT molecular complexity index is 734. The van der Waals surface area contributed by atoms with Gasteiger partial charge in [0.25, 0.3) is 10.0 Å². The molecule has 0 bridgehead atoms. The van der Waals surface area contributed by atoms with Crippen molar-refractivity contribution in [3.8, 4) is 0 Å². The summed E-state index contributed by atoms with van der Waals surface area (Å²) in [4.78, 5) is -0.0948. The lowest BCUT2D eigenvalue weighted by molar-refractivity contribution is 0.275. The average molecular weight is 407 g/mol. The largest absolute Gasteiger partial charge is 0.392 e. The molecule has 0 aromatic heterocycles. The fraction of sp³-hybridized carbons (Fsp3) is 0.0769. The number of rotatable bonds is 4. The van der Waals surface area contributed by atoms with Crippen LogP contribution in [0.3, 0.4) is 0 Å². The summed E-state index contributed by atoms with van der Waals surface area (Å²) >= 11 is 2.01. The molecule has 2 aromatic carbocycles. The molecule has 0 aliphatic rings. The molecule has 0 saturated carbocycles. The third kappa shape index (κ3) is 3.28. The van der Waals surface area contributed by atoms with Gasteiger partial charge in [-0.25, -0.2) is 12.8 Å². The standard InChI is InChI=1S/C13H11FINO3S/c14-11-6-5-10(7-9(11)8-17)20(18,19)16-13-4-2-1-3-12(13)15/h1-7,16-17H,8H2. The first-order chi connectivity index (χ1) is 9.44. The van der Waals surface area contributed by atoms with Gasteiger partial charge in [-0.15, -0.1) is 0 Å². The third-order valence-electron chi connectivity index (χ3n) is 2.62. The topological polar surface area (TPSA) is 66.4 Å². The smallest absolute Gasteiger partial charge is 0.261 e. The molecule has 0 spiro atoms. The molecular formula is C13H11FINO3S. The quantitative estimate of drug-likeness (QED) is 0.767. The highest BCUT2D eigenvalue weighted by Gasteiger charge is 2.17. The first-order valence-corrected chi connectivity index (χ1v) is 8.17. The molecule has 2 N–H and O–H groups in total. The Kier molecular flexibility index (Phi) is 4.61. The van der Waals surface area contributed by atoms with E-state index in [4.69, 9.17) is 5.11 Å². The number of para-hydroxylation sites is 1. The van der Waals surface area contributed by atoms with Crippen LogP contribution < -0.4 is 4.72 Å². The molecule has 7 heteroatoms. The fourth-order valence-electron chi connectivity index (χ4n) is 1.59. The third-order valence-corrected chi connectivity index (χ3v) is 4.92. The van der Waals surface area contributed by atoms with Crippen molar-refractivity contribution in [2.75, 3.05) is 4.72 Å². The van der Waals surface area contributed by atoms with Crippen LogP contribution >= 0.6 is 22.6 Å². The minimum atomic E-state index is -3.82. The summed E-state index contributed by atoms with van der Waals surface area (Å²) in [5.41, 5.74) is 0.388. The maximum Gasteiger partial charge on any atom is 0.261 e. The van der Waals surface area contributed by atoms with E-state index in [-0.39, 0.29) is 10.5 Å². The van der Waals surface area contributed by atoms with E-state index in [9.17, 15) is 12.8 Å². The number of hydrogen-bond acceptors (Lipinski definition) is 3. The number of anilines is 1. The van der Waals surface area contributed by atoms with Crippen molar-refractivity contribution in [3.63, 3.8) is 0 Å². The second kappa shape index (κ2) is 6.06. The summed E-state index contributed by atoms with van der Waals surface area (Å²) in [5, 5.41) is 8.99. The molecule has 20 heavy (non-hydrogen) atoms. The Labute approximate surface area is 129 Å². The van der Waals surface area contributed by atoms with Gasteiger partial charge in [0.05, 0.1) is 17.2 Å². The maximum atomic E-state index is 13.3. The van der Waals surface area contributed by atoms with Crippen molar-refractivity contribution in [1.82, 2.24) is 0 Å². The summed E-state index contributed by atoms with van der Waals surface area (Å²) in [6, 6.07) is 10.2. The van der Waals surface area contributed by atoms with Crippen molar-refractivity contribution < 1.29 is 17.9 Å². The summed E-state index contributed by atoms with van der Waals surface area (Å²) in [6.07, 6.45) is 0. The molecule has 0 saturated heterocycles. The van der Waals surface area contributed by atoms with Crippen LogP contribution in [0.25, 0.3) is 0 Å². The molecule has 0 aliphatic carbocycles. The van der Waals surface area contributed by atoms with Crippen LogP contribution in [0.5, 0.6) is 0 Å². The number of aliphatic hydroxyl groups excluding tert-OH is 1. The van der Waals surface area contributed by atoms with Gasteiger partial charge in [-0.2, -0.15) is 0 Å². The zero-order chi connectivity index (χ0) is 14.8. The molecule has 0 amide bonds. The monoisotopic (exact) mass is 407 g/mol. The lowest BCUT2D eigenvalue weighted by Crippen LogP contribution is -2.14. The second-order valence-electron chi connectivity index (χ2n) is 4.00. The molecule has 0 radical (unpaired) electrons. The number of halogens is 2. The van der Waals surface area contributed by atoms with E-state index in [2.05, 4.69) is 4.72 Å². The van der Waals surface area contributed by atoms with Crippen LogP contribution in [-0.4, -0.2) is 13.5 Å². The highest BCUT2D eigenvalue weighted by atomic mass is 127. The Morgan fingerprint density at radius 1 is 1.20 bits per heavy atom. The second-order valence-corrected chi connectivity index (χ2v) is 6.84. The highest BCUT2D eigenvalue weighted by molar-refractivity contribution is 14.1. The van der Waals surface area contributed by atoms with E-state index in [0.717, 1.165) is 21.8 Å². The molecular weight excluding hydrogens is 396 g/mol. The van der Waals surface area contributed by atoms with E-state index in [0.29, 0.717) is 5.69 Å². The lowest BCUT2D eigenvalue weighted by Gasteiger charge is -2.10. The summed E-state index contributed by atoms with van der Waals surface area (Å²) < 4.78 is 40.9. The van der Waals surface area contributed by atoms with Crippen LogP contribution in [0.15, 0.2) is 47.4 Å². The van der Waals surface area contributed by atoms with Gasteiger partial charge in [-0.05, 0) is 52.9 Å². The molecule has 0 heterocycles. The van der Waals surface area contributed by atoms with E-state index < -0.39 is 22.4 Å². The Morgan fingerprint density at radius 2 is 1.90 bits per heavy atom. The average Bonchev–Trinajstić information content (AvgIpc) is 2.41. The lowest BCUT2D eigenvalue weighted by atomic mass is 10.2. The van der Waals surface area contributed by atoms with Gasteiger partial charge in [0.1, 0.15) is 5.82 Å². The normalized spacial score (nSPS) is 11.3. The van der Waals surface area contributed by atoms with Gasteiger partial charge >= 0.3 is 0 Å². The molecule has 2 rings (SSSR count).